The van der Waals surface area contributed by atoms with Gasteiger partial charge in [-0.25, -0.2) is 0 Å². The van der Waals surface area contributed by atoms with Gasteiger partial charge in [-0.1, -0.05) is 184 Å². The van der Waals surface area contributed by atoms with Crippen LogP contribution >= 0.6 is 0 Å². The van der Waals surface area contributed by atoms with Crippen molar-refractivity contribution >= 4 is 17.9 Å². The van der Waals surface area contributed by atoms with Crippen molar-refractivity contribution in [2.45, 2.75) is 239 Å². The molecule has 0 fully saturated rings. The molecule has 6 nitrogen and oxygen atoms in total. The van der Waals surface area contributed by atoms with Crippen LogP contribution in [-0.4, -0.2) is 37.2 Å². The number of carbonyl (C=O) groups is 3. The second-order valence-corrected chi connectivity index (χ2v) is 16.0. The minimum atomic E-state index is -0.818. The van der Waals surface area contributed by atoms with Crippen LogP contribution in [0.2, 0.25) is 0 Å². The van der Waals surface area contributed by atoms with E-state index < -0.39 is 6.10 Å². The number of hydrogen-bond donors (Lipinski definition) is 0. The van der Waals surface area contributed by atoms with E-state index in [1.807, 2.05) is 6.08 Å². The Morgan fingerprint density at radius 3 is 1.16 bits per heavy atom. The highest BCUT2D eigenvalue weighted by molar-refractivity contribution is 5.71. The van der Waals surface area contributed by atoms with Gasteiger partial charge in [0.05, 0.1) is 0 Å². The van der Waals surface area contributed by atoms with Gasteiger partial charge in [0.15, 0.2) is 6.10 Å². The number of unbranched alkanes of at least 4 members (excludes halogenated alkanes) is 22. The van der Waals surface area contributed by atoms with Gasteiger partial charge in [0, 0.05) is 19.3 Å². The summed E-state index contributed by atoms with van der Waals surface area (Å²) in [5.74, 6) is -1.03. The zero-order chi connectivity index (χ0) is 42.3. The number of allylic oxidation sites excluding steroid dienone is 10. The highest BCUT2D eigenvalue weighted by Gasteiger charge is 2.19. The molecule has 1 unspecified atom stereocenters. The van der Waals surface area contributed by atoms with Gasteiger partial charge in [0.2, 0.25) is 0 Å². The molecule has 0 aliphatic carbocycles. The van der Waals surface area contributed by atoms with E-state index in [2.05, 4.69) is 75.5 Å². The fraction of sp³-hybridized carbons (Fsp3) is 0.750. The van der Waals surface area contributed by atoms with E-state index in [4.69, 9.17) is 14.2 Å². The Morgan fingerprint density at radius 1 is 0.362 bits per heavy atom. The number of esters is 3. The third kappa shape index (κ3) is 44.2. The van der Waals surface area contributed by atoms with Crippen molar-refractivity contribution in [3.8, 4) is 0 Å². The molecular formula is C52H90O6. The van der Waals surface area contributed by atoms with Crippen LogP contribution in [-0.2, 0) is 28.6 Å². The Balaban J connectivity index is 4.40. The van der Waals surface area contributed by atoms with Crippen LogP contribution in [0.5, 0.6) is 0 Å². The maximum Gasteiger partial charge on any atom is 0.306 e. The molecule has 334 valence electrons. The molecule has 0 bridgehead atoms. The summed E-state index contributed by atoms with van der Waals surface area (Å²) in [6, 6.07) is 0. The Kier molecular flexibility index (Phi) is 44.5. The van der Waals surface area contributed by atoms with Crippen molar-refractivity contribution in [1.82, 2.24) is 0 Å². The molecular weight excluding hydrogens is 721 g/mol. The molecule has 0 aliphatic rings. The van der Waals surface area contributed by atoms with Crippen LogP contribution < -0.4 is 0 Å². The van der Waals surface area contributed by atoms with Crippen molar-refractivity contribution in [1.29, 1.82) is 0 Å². The molecule has 0 N–H and O–H groups in total. The predicted molar refractivity (Wildman–Crippen MR) is 247 cm³/mol. The van der Waals surface area contributed by atoms with E-state index in [-0.39, 0.29) is 37.5 Å². The van der Waals surface area contributed by atoms with Crippen molar-refractivity contribution in [2.24, 2.45) is 0 Å². The van der Waals surface area contributed by atoms with Crippen LogP contribution in [0.3, 0.4) is 0 Å². The molecule has 6 heteroatoms. The molecule has 58 heavy (non-hydrogen) atoms. The summed E-state index contributed by atoms with van der Waals surface area (Å²) < 4.78 is 16.6. The first-order chi connectivity index (χ1) is 28.5. The molecule has 0 aromatic heterocycles. The average Bonchev–Trinajstić information content (AvgIpc) is 3.22. The number of carbonyl (C=O) groups excluding carboxylic acids is 3. The highest BCUT2D eigenvalue weighted by Crippen LogP contribution is 2.13. The molecule has 0 rings (SSSR count). The van der Waals surface area contributed by atoms with Gasteiger partial charge in [-0.15, -0.1) is 0 Å². The number of rotatable bonds is 43. The monoisotopic (exact) mass is 811 g/mol. The van der Waals surface area contributed by atoms with Crippen molar-refractivity contribution in [2.75, 3.05) is 13.2 Å². The van der Waals surface area contributed by atoms with Gasteiger partial charge < -0.3 is 14.2 Å². The van der Waals surface area contributed by atoms with Gasteiger partial charge in [0.1, 0.15) is 13.2 Å². The van der Waals surface area contributed by atoms with E-state index in [9.17, 15) is 14.4 Å². The van der Waals surface area contributed by atoms with Gasteiger partial charge in [0.25, 0.3) is 0 Å². The standard InChI is InChI=1S/C52H90O6/c1-4-7-10-13-16-19-21-23-24-25-26-27-29-30-33-36-39-42-45-51(54)57-48-49(47-56-50(53)44-41-38-35-32-18-15-12-9-6-3)58-52(55)46-43-40-37-34-31-28-22-20-17-14-11-8-5-2/h9,12,18,26-28,31-32,37,40,49H,4-8,10-11,13-17,19-25,29-30,33-36,38-39,41-48H2,1-3H3/b12-9-,27-26-,31-28-,32-18-,40-37-. The molecule has 0 aromatic carbocycles. The Labute approximate surface area is 358 Å². The summed E-state index contributed by atoms with van der Waals surface area (Å²) in [5.41, 5.74) is 0. The average molecular weight is 811 g/mol. The largest absolute Gasteiger partial charge is 0.462 e. The normalized spacial score (nSPS) is 12.5. The van der Waals surface area contributed by atoms with E-state index in [1.165, 1.54) is 116 Å². The van der Waals surface area contributed by atoms with Crippen molar-refractivity contribution in [3.05, 3.63) is 60.8 Å². The quantitative estimate of drug-likeness (QED) is 0.0264. The van der Waals surface area contributed by atoms with Crippen molar-refractivity contribution in [3.63, 3.8) is 0 Å². The maximum absolute atomic E-state index is 12.7. The second-order valence-electron chi connectivity index (χ2n) is 16.0. The topological polar surface area (TPSA) is 78.9 Å². The lowest BCUT2D eigenvalue weighted by atomic mass is 10.1. The van der Waals surface area contributed by atoms with Crippen LogP contribution in [0.1, 0.15) is 233 Å². The zero-order valence-corrected chi connectivity index (χ0v) is 38.0. The van der Waals surface area contributed by atoms with Gasteiger partial charge >= 0.3 is 17.9 Å². The summed E-state index contributed by atoms with van der Waals surface area (Å²) in [4.78, 5) is 37.7. The lowest BCUT2D eigenvalue weighted by Gasteiger charge is -2.18. The summed E-state index contributed by atoms with van der Waals surface area (Å²) in [6.45, 7) is 6.41. The van der Waals surface area contributed by atoms with E-state index in [0.717, 1.165) is 70.6 Å². The summed E-state index contributed by atoms with van der Waals surface area (Å²) in [5, 5.41) is 0. The first-order valence-electron chi connectivity index (χ1n) is 24.3. The van der Waals surface area contributed by atoms with Crippen LogP contribution in [0.15, 0.2) is 60.8 Å². The minimum absolute atomic E-state index is 0.111. The van der Waals surface area contributed by atoms with Crippen LogP contribution in [0, 0.1) is 0 Å². The zero-order valence-electron chi connectivity index (χ0n) is 38.0. The van der Waals surface area contributed by atoms with Crippen molar-refractivity contribution < 1.29 is 28.6 Å². The fourth-order valence-corrected chi connectivity index (χ4v) is 6.58. The molecule has 0 spiro atoms. The first-order valence-corrected chi connectivity index (χ1v) is 24.3. The molecule has 0 aromatic rings. The molecule has 0 amide bonds. The smallest absolute Gasteiger partial charge is 0.306 e. The molecule has 0 saturated carbocycles. The molecule has 0 heterocycles. The lowest BCUT2D eigenvalue weighted by Crippen LogP contribution is -2.30. The fourth-order valence-electron chi connectivity index (χ4n) is 6.58. The third-order valence-corrected chi connectivity index (χ3v) is 10.2. The number of ether oxygens (including phenoxy) is 3. The SMILES string of the molecule is CC/C=C\C/C=C\CCCCC(=O)OCC(COC(=O)CCCCCCC/C=C\CCCCCCCCCCC)OC(=O)CC/C=C\C/C=C\CCCCCCCC. The molecule has 0 radical (unpaired) electrons. The highest BCUT2D eigenvalue weighted by atomic mass is 16.6. The third-order valence-electron chi connectivity index (χ3n) is 10.2. The second kappa shape index (κ2) is 46.8. The van der Waals surface area contributed by atoms with Crippen LogP contribution in [0.25, 0.3) is 0 Å². The Morgan fingerprint density at radius 2 is 0.707 bits per heavy atom. The van der Waals surface area contributed by atoms with Gasteiger partial charge in [-0.2, -0.15) is 0 Å². The predicted octanol–water partition coefficient (Wildman–Crippen LogP) is 15.7. The Hall–Kier alpha value is -2.89. The van der Waals surface area contributed by atoms with E-state index in [1.54, 1.807) is 0 Å². The van der Waals surface area contributed by atoms with E-state index >= 15 is 0 Å². The molecule has 1 atom stereocenters. The summed E-state index contributed by atoms with van der Waals surface area (Å²) in [6.07, 6.45) is 56.6. The summed E-state index contributed by atoms with van der Waals surface area (Å²) >= 11 is 0. The van der Waals surface area contributed by atoms with Gasteiger partial charge in [-0.05, 0) is 89.9 Å². The Bertz CT molecular complexity index is 1070. The first kappa shape index (κ1) is 55.1. The minimum Gasteiger partial charge on any atom is -0.462 e. The molecule has 0 aliphatic heterocycles. The number of hydrogen-bond acceptors (Lipinski definition) is 6. The maximum atomic E-state index is 12.7. The summed E-state index contributed by atoms with van der Waals surface area (Å²) in [7, 11) is 0. The van der Waals surface area contributed by atoms with Crippen LogP contribution in [0.4, 0.5) is 0 Å². The molecule has 0 saturated heterocycles. The van der Waals surface area contributed by atoms with Gasteiger partial charge in [-0.3, -0.25) is 14.4 Å². The lowest BCUT2D eigenvalue weighted by molar-refractivity contribution is -0.166. The van der Waals surface area contributed by atoms with E-state index in [0.29, 0.717) is 19.3 Å².